The van der Waals surface area contributed by atoms with Crippen molar-refractivity contribution in [3.63, 3.8) is 0 Å². The zero-order valence-corrected chi connectivity index (χ0v) is 12.7. The molecule has 1 N–H and O–H groups in total. The molecule has 6 nitrogen and oxygen atoms in total. The summed E-state index contributed by atoms with van der Waals surface area (Å²) in [6.07, 6.45) is 10.5. The molecule has 0 aromatic carbocycles. The quantitative estimate of drug-likeness (QED) is 0.941. The molecular weight excluding hydrogens is 278 g/mol. The van der Waals surface area contributed by atoms with E-state index in [1.807, 2.05) is 12.3 Å². The second-order valence-corrected chi connectivity index (χ2v) is 6.26. The highest BCUT2D eigenvalue weighted by Gasteiger charge is 2.22. The maximum absolute atomic E-state index is 12.5. The first-order valence-electron chi connectivity index (χ1n) is 8.21. The topological polar surface area (TPSA) is 62.5 Å². The number of anilines is 1. The molecule has 3 heterocycles. The third-order valence-corrected chi connectivity index (χ3v) is 4.72. The molecule has 22 heavy (non-hydrogen) atoms. The number of carbonyl (C=O) groups is 1. The molecule has 1 saturated carbocycles. The van der Waals surface area contributed by atoms with Gasteiger partial charge in [-0.15, -0.1) is 0 Å². The molecule has 1 aliphatic carbocycles. The average molecular weight is 299 g/mol. The van der Waals surface area contributed by atoms with Crippen molar-refractivity contribution in [3.05, 3.63) is 24.0 Å². The minimum atomic E-state index is -0.0482. The van der Waals surface area contributed by atoms with Crippen molar-refractivity contribution in [2.75, 3.05) is 18.0 Å². The Morgan fingerprint density at radius 3 is 2.73 bits per heavy atom. The lowest BCUT2D eigenvalue weighted by molar-refractivity contribution is 0.0939. The van der Waals surface area contributed by atoms with E-state index in [-0.39, 0.29) is 5.91 Å². The first-order chi connectivity index (χ1) is 10.8. The first kappa shape index (κ1) is 13.5. The minimum absolute atomic E-state index is 0.0482. The summed E-state index contributed by atoms with van der Waals surface area (Å²) >= 11 is 0. The van der Waals surface area contributed by atoms with E-state index in [9.17, 15) is 4.79 Å². The van der Waals surface area contributed by atoms with Crippen LogP contribution in [0.25, 0.3) is 5.65 Å². The Morgan fingerprint density at radius 2 is 1.95 bits per heavy atom. The van der Waals surface area contributed by atoms with Crippen LogP contribution in [-0.4, -0.2) is 39.6 Å². The minimum Gasteiger partial charge on any atom is -0.357 e. The molecule has 116 valence electrons. The van der Waals surface area contributed by atoms with Gasteiger partial charge in [0, 0.05) is 25.3 Å². The number of aromatic nitrogens is 3. The highest BCUT2D eigenvalue weighted by Crippen LogP contribution is 2.21. The van der Waals surface area contributed by atoms with Gasteiger partial charge in [-0.05, 0) is 31.7 Å². The van der Waals surface area contributed by atoms with Gasteiger partial charge in [-0.2, -0.15) is 5.10 Å². The van der Waals surface area contributed by atoms with E-state index in [2.05, 4.69) is 20.3 Å². The van der Waals surface area contributed by atoms with Crippen molar-refractivity contribution in [1.82, 2.24) is 19.9 Å². The molecule has 2 aromatic heterocycles. The molecule has 1 amide bonds. The molecule has 4 rings (SSSR count). The van der Waals surface area contributed by atoms with Gasteiger partial charge < -0.3 is 10.2 Å². The van der Waals surface area contributed by atoms with Gasteiger partial charge in [-0.1, -0.05) is 12.8 Å². The third-order valence-electron chi connectivity index (χ3n) is 4.72. The molecule has 1 aliphatic heterocycles. The van der Waals surface area contributed by atoms with Gasteiger partial charge in [-0.3, -0.25) is 4.79 Å². The van der Waals surface area contributed by atoms with Crippen LogP contribution in [-0.2, 0) is 0 Å². The lowest BCUT2D eigenvalue weighted by atomic mass is 10.2. The Kier molecular flexibility index (Phi) is 3.44. The molecule has 0 atom stereocenters. The molecule has 1 saturated heterocycles. The van der Waals surface area contributed by atoms with Gasteiger partial charge in [0.1, 0.15) is 11.4 Å². The Balaban J connectivity index is 1.62. The van der Waals surface area contributed by atoms with Gasteiger partial charge in [-0.25, -0.2) is 9.50 Å². The van der Waals surface area contributed by atoms with Crippen LogP contribution in [0.4, 0.5) is 5.82 Å². The number of amides is 1. The van der Waals surface area contributed by atoms with Crippen LogP contribution in [0.3, 0.4) is 0 Å². The van der Waals surface area contributed by atoms with Crippen LogP contribution in [0.15, 0.2) is 18.5 Å². The van der Waals surface area contributed by atoms with Crippen molar-refractivity contribution in [3.8, 4) is 0 Å². The fraction of sp³-hybridized carbons (Fsp3) is 0.562. The van der Waals surface area contributed by atoms with Crippen LogP contribution in [0, 0.1) is 0 Å². The van der Waals surface area contributed by atoms with E-state index in [0.29, 0.717) is 17.3 Å². The molecule has 2 fully saturated rings. The van der Waals surface area contributed by atoms with Crippen LogP contribution in [0.2, 0.25) is 0 Å². The van der Waals surface area contributed by atoms with E-state index in [4.69, 9.17) is 0 Å². The van der Waals surface area contributed by atoms with Gasteiger partial charge in [0.2, 0.25) is 0 Å². The van der Waals surface area contributed by atoms with Crippen LogP contribution >= 0.6 is 0 Å². The van der Waals surface area contributed by atoms with Crippen LogP contribution in [0.5, 0.6) is 0 Å². The molecule has 0 spiro atoms. The number of hydrogen-bond acceptors (Lipinski definition) is 4. The zero-order chi connectivity index (χ0) is 14.9. The number of hydrogen-bond donors (Lipinski definition) is 1. The van der Waals surface area contributed by atoms with E-state index < -0.39 is 0 Å². The maximum atomic E-state index is 12.5. The summed E-state index contributed by atoms with van der Waals surface area (Å²) in [6, 6.07) is 2.29. The van der Waals surface area contributed by atoms with Crippen molar-refractivity contribution in [2.24, 2.45) is 0 Å². The second kappa shape index (κ2) is 5.59. The summed E-state index contributed by atoms with van der Waals surface area (Å²) in [5, 5.41) is 7.37. The maximum Gasteiger partial charge on any atom is 0.256 e. The first-order valence-corrected chi connectivity index (χ1v) is 8.21. The Hall–Kier alpha value is -2.11. The van der Waals surface area contributed by atoms with Crippen LogP contribution in [0.1, 0.15) is 48.9 Å². The summed E-state index contributed by atoms with van der Waals surface area (Å²) in [7, 11) is 0. The normalized spacial score (nSPS) is 19.2. The van der Waals surface area contributed by atoms with E-state index in [1.54, 1.807) is 10.7 Å². The summed E-state index contributed by atoms with van der Waals surface area (Å²) in [5.41, 5.74) is 1.23. The summed E-state index contributed by atoms with van der Waals surface area (Å²) in [5.74, 6) is 0.897. The molecule has 0 unspecified atom stereocenters. The molecule has 2 aromatic rings. The van der Waals surface area contributed by atoms with Crippen molar-refractivity contribution >= 4 is 17.4 Å². The number of rotatable bonds is 3. The van der Waals surface area contributed by atoms with Gasteiger partial charge in [0.25, 0.3) is 5.91 Å². The highest BCUT2D eigenvalue weighted by atomic mass is 16.1. The number of carbonyl (C=O) groups excluding carboxylic acids is 1. The Labute approximate surface area is 129 Å². The molecule has 6 heteroatoms. The average Bonchev–Trinajstić information content (AvgIpc) is 3.27. The molecular formula is C16H21N5O. The predicted octanol–water partition coefficient (Wildman–Crippen LogP) is 2.00. The monoisotopic (exact) mass is 299 g/mol. The molecule has 0 radical (unpaired) electrons. The molecule has 2 aliphatic rings. The van der Waals surface area contributed by atoms with Gasteiger partial charge >= 0.3 is 0 Å². The Morgan fingerprint density at radius 1 is 1.18 bits per heavy atom. The van der Waals surface area contributed by atoms with Crippen molar-refractivity contribution in [1.29, 1.82) is 0 Å². The number of nitrogens with zero attached hydrogens (tertiary/aromatic N) is 4. The standard InChI is InChI=1S/C16H21N5O/c22-16(18-12-5-1-2-6-12)13-11-17-21-10-7-14(19-15(13)21)20-8-3-4-9-20/h7,10-12H,1-6,8-9H2,(H,18,22). The summed E-state index contributed by atoms with van der Waals surface area (Å²) in [4.78, 5) is 19.4. The third kappa shape index (κ3) is 2.42. The van der Waals surface area contributed by atoms with Gasteiger partial charge in [0.05, 0.1) is 6.20 Å². The predicted molar refractivity (Wildman–Crippen MR) is 84.2 cm³/mol. The van der Waals surface area contributed by atoms with E-state index >= 15 is 0 Å². The van der Waals surface area contributed by atoms with E-state index in [0.717, 1.165) is 31.7 Å². The smallest absolute Gasteiger partial charge is 0.256 e. The van der Waals surface area contributed by atoms with Crippen molar-refractivity contribution < 1.29 is 4.79 Å². The number of nitrogens with one attached hydrogen (secondary N) is 1. The second-order valence-electron chi connectivity index (χ2n) is 6.26. The highest BCUT2D eigenvalue weighted by molar-refractivity contribution is 5.99. The summed E-state index contributed by atoms with van der Waals surface area (Å²) < 4.78 is 1.68. The lowest BCUT2D eigenvalue weighted by Crippen LogP contribution is -2.32. The van der Waals surface area contributed by atoms with E-state index in [1.165, 1.54) is 25.7 Å². The SMILES string of the molecule is O=C(NC1CCCC1)c1cnn2ccc(N3CCCC3)nc12. The van der Waals surface area contributed by atoms with Crippen molar-refractivity contribution in [2.45, 2.75) is 44.6 Å². The zero-order valence-electron chi connectivity index (χ0n) is 12.7. The lowest BCUT2D eigenvalue weighted by Gasteiger charge is -2.16. The van der Waals surface area contributed by atoms with Crippen LogP contribution < -0.4 is 10.2 Å². The summed E-state index contributed by atoms with van der Waals surface area (Å²) in [6.45, 7) is 2.09. The fourth-order valence-electron chi connectivity index (χ4n) is 3.48. The fourth-order valence-corrected chi connectivity index (χ4v) is 3.48. The Bertz CT molecular complexity index is 683. The number of fused-ring (bicyclic) bond motifs is 1. The largest absolute Gasteiger partial charge is 0.357 e. The van der Waals surface area contributed by atoms with Gasteiger partial charge in [0.15, 0.2) is 5.65 Å². The molecule has 0 bridgehead atoms.